The van der Waals surface area contributed by atoms with Gasteiger partial charge in [-0.2, -0.15) is 0 Å². The molecule has 7 nitrogen and oxygen atoms in total. The first-order valence-electron chi connectivity index (χ1n) is 10.4. The van der Waals surface area contributed by atoms with Gasteiger partial charge in [0.25, 0.3) is 5.91 Å². The number of ether oxygens (including phenoxy) is 1. The zero-order valence-corrected chi connectivity index (χ0v) is 20.2. The number of benzene rings is 2. The highest BCUT2D eigenvalue weighted by Crippen LogP contribution is 2.27. The highest BCUT2D eigenvalue weighted by atomic mass is 32.2. The second kappa shape index (κ2) is 11.6. The third-order valence-electron chi connectivity index (χ3n) is 4.47. The molecule has 172 valence electrons. The molecule has 1 atom stereocenters. The Labute approximate surface area is 201 Å². The second-order valence-electron chi connectivity index (χ2n) is 7.23. The van der Waals surface area contributed by atoms with Crippen molar-refractivity contribution in [3.8, 4) is 0 Å². The van der Waals surface area contributed by atoms with Gasteiger partial charge in [-0.25, -0.2) is 4.98 Å². The molecule has 33 heavy (non-hydrogen) atoms. The van der Waals surface area contributed by atoms with Gasteiger partial charge in [-0.05, 0) is 51.1 Å². The molecule has 0 saturated carbocycles. The first-order chi connectivity index (χ1) is 15.8. The lowest BCUT2D eigenvalue weighted by Crippen LogP contribution is -2.22. The quantitative estimate of drug-likeness (QED) is 0.331. The Morgan fingerprint density at radius 1 is 1.12 bits per heavy atom. The summed E-state index contributed by atoms with van der Waals surface area (Å²) in [5.41, 5.74) is 2.82. The number of nitrogens with one attached hydrogen (secondary N) is 2. The molecule has 1 heterocycles. The van der Waals surface area contributed by atoms with E-state index in [9.17, 15) is 14.4 Å². The minimum atomic E-state index is -0.398. The number of hydrogen-bond acceptors (Lipinski definition) is 7. The van der Waals surface area contributed by atoms with Gasteiger partial charge in [-0.3, -0.25) is 14.4 Å². The molecule has 1 aromatic heterocycles. The van der Waals surface area contributed by atoms with Crippen LogP contribution in [0.4, 0.5) is 10.8 Å². The summed E-state index contributed by atoms with van der Waals surface area (Å²) in [5.74, 6) is -0.737. The predicted octanol–water partition coefficient (Wildman–Crippen LogP) is 4.93. The number of aryl methyl sites for hydroxylation is 1. The summed E-state index contributed by atoms with van der Waals surface area (Å²) >= 11 is 2.64. The molecule has 1 unspecified atom stereocenters. The van der Waals surface area contributed by atoms with Crippen molar-refractivity contribution < 1.29 is 19.1 Å². The van der Waals surface area contributed by atoms with Crippen LogP contribution in [0.1, 0.15) is 35.5 Å². The van der Waals surface area contributed by atoms with Crippen LogP contribution in [-0.2, 0) is 20.7 Å². The summed E-state index contributed by atoms with van der Waals surface area (Å²) in [5, 5.41) is 7.45. The van der Waals surface area contributed by atoms with E-state index in [-0.39, 0.29) is 24.2 Å². The van der Waals surface area contributed by atoms with E-state index in [2.05, 4.69) is 15.6 Å². The number of esters is 1. The van der Waals surface area contributed by atoms with Crippen LogP contribution in [0.2, 0.25) is 0 Å². The molecule has 9 heteroatoms. The van der Waals surface area contributed by atoms with Crippen molar-refractivity contribution in [1.82, 2.24) is 4.98 Å². The second-order valence-corrected chi connectivity index (χ2v) is 9.50. The summed E-state index contributed by atoms with van der Waals surface area (Å²) in [4.78, 5) is 41.8. The largest absolute Gasteiger partial charge is 0.466 e. The van der Waals surface area contributed by atoms with Crippen molar-refractivity contribution in [2.75, 3.05) is 17.2 Å². The van der Waals surface area contributed by atoms with Gasteiger partial charge in [0.2, 0.25) is 5.91 Å². The maximum absolute atomic E-state index is 12.6. The summed E-state index contributed by atoms with van der Waals surface area (Å²) < 4.78 is 4.91. The molecule has 0 spiro atoms. The van der Waals surface area contributed by atoms with E-state index in [1.165, 1.54) is 23.1 Å². The third-order valence-corrected chi connectivity index (χ3v) is 6.37. The van der Waals surface area contributed by atoms with Crippen LogP contribution in [0.25, 0.3) is 0 Å². The topological polar surface area (TPSA) is 97.4 Å². The van der Waals surface area contributed by atoms with Crippen LogP contribution in [0.3, 0.4) is 0 Å². The summed E-state index contributed by atoms with van der Waals surface area (Å²) in [6, 6.07) is 14.7. The number of carbonyl (C=O) groups is 3. The minimum absolute atomic E-state index is 0.0750. The van der Waals surface area contributed by atoms with Crippen molar-refractivity contribution in [2.24, 2.45) is 0 Å². The normalized spacial score (nSPS) is 11.5. The number of amides is 2. The predicted molar refractivity (Wildman–Crippen MR) is 132 cm³/mol. The van der Waals surface area contributed by atoms with E-state index in [0.29, 0.717) is 28.7 Å². The highest BCUT2D eigenvalue weighted by molar-refractivity contribution is 8.00. The van der Waals surface area contributed by atoms with Gasteiger partial charge in [-0.1, -0.05) is 23.8 Å². The van der Waals surface area contributed by atoms with E-state index in [4.69, 9.17) is 4.74 Å². The van der Waals surface area contributed by atoms with Crippen LogP contribution in [0, 0.1) is 6.92 Å². The number of thioether (sulfide) groups is 1. The number of aromatic nitrogens is 1. The SMILES string of the molecule is CCOC(=O)Cc1csc(NC(=O)C(C)Sc2cccc(NC(=O)c3cccc(C)c3)c2)n1. The summed E-state index contributed by atoms with van der Waals surface area (Å²) in [6.45, 7) is 5.80. The number of nitrogens with zero attached hydrogens (tertiary/aromatic N) is 1. The van der Waals surface area contributed by atoms with Crippen molar-refractivity contribution >= 4 is 51.7 Å². The van der Waals surface area contributed by atoms with Crippen LogP contribution in [-0.4, -0.2) is 34.6 Å². The molecule has 0 fully saturated rings. The van der Waals surface area contributed by atoms with Gasteiger partial charge in [-0.15, -0.1) is 23.1 Å². The molecule has 2 amide bonds. The van der Waals surface area contributed by atoms with Crippen LogP contribution < -0.4 is 10.6 Å². The van der Waals surface area contributed by atoms with E-state index < -0.39 is 5.25 Å². The van der Waals surface area contributed by atoms with Gasteiger partial charge in [0.05, 0.1) is 24.0 Å². The maximum Gasteiger partial charge on any atom is 0.311 e. The fourth-order valence-electron chi connectivity index (χ4n) is 2.91. The van der Waals surface area contributed by atoms with Crippen LogP contribution in [0.15, 0.2) is 58.8 Å². The lowest BCUT2D eigenvalue weighted by molar-refractivity contribution is -0.142. The van der Waals surface area contributed by atoms with E-state index in [1.54, 1.807) is 25.3 Å². The number of anilines is 2. The van der Waals surface area contributed by atoms with Crippen molar-refractivity contribution in [3.63, 3.8) is 0 Å². The number of hydrogen-bond donors (Lipinski definition) is 2. The fraction of sp³-hybridized carbons (Fsp3) is 0.250. The Bertz CT molecular complexity index is 1150. The fourth-order valence-corrected chi connectivity index (χ4v) is 4.55. The van der Waals surface area contributed by atoms with Gasteiger partial charge in [0.15, 0.2) is 5.13 Å². The minimum Gasteiger partial charge on any atom is -0.466 e. The Morgan fingerprint density at radius 2 is 1.91 bits per heavy atom. The average Bonchev–Trinajstić information content (AvgIpc) is 3.20. The standard InChI is InChI=1S/C24H25N3O4S2/c1-4-31-21(28)13-19-14-32-24(26-19)27-22(29)16(3)33-20-10-6-9-18(12-20)25-23(30)17-8-5-7-15(2)11-17/h5-12,14,16H,4,13H2,1-3H3,(H,25,30)(H,26,27,29). The maximum atomic E-state index is 12.6. The van der Waals surface area contributed by atoms with E-state index >= 15 is 0 Å². The van der Waals surface area contributed by atoms with Gasteiger partial charge in [0, 0.05) is 21.5 Å². The Morgan fingerprint density at radius 3 is 2.67 bits per heavy atom. The molecular formula is C24H25N3O4S2. The molecule has 0 aliphatic carbocycles. The van der Waals surface area contributed by atoms with Crippen LogP contribution >= 0.6 is 23.1 Å². The molecule has 0 bridgehead atoms. The Hall–Kier alpha value is -3.17. The Balaban J connectivity index is 1.56. The molecule has 3 aromatic rings. The van der Waals surface area contributed by atoms with Crippen molar-refractivity contribution in [1.29, 1.82) is 0 Å². The van der Waals surface area contributed by atoms with Crippen LogP contribution in [0.5, 0.6) is 0 Å². The lowest BCUT2D eigenvalue weighted by Gasteiger charge is -2.12. The van der Waals surface area contributed by atoms with Gasteiger partial charge >= 0.3 is 5.97 Å². The molecule has 0 aliphatic heterocycles. The summed E-state index contributed by atoms with van der Waals surface area (Å²) in [6.07, 6.45) is 0.0750. The number of thiazole rings is 1. The molecule has 2 N–H and O–H groups in total. The molecule has 2 aromatic carbocycles. The molecule has 0 saturated heterocycles. The van der Waals surface area contributed by atoms with Gasteiger partial charge in [0.1, 0.15) is 0 Å². The molecular weight excluding hydrogens is 458 g/mol. The van der Waals surface area contributed by atoms with Crippen molar-refractivity contribution in [2.45, 2.75) is 37.3 Å². The lowest BCUT2D eigenvalue weighted by atomic mass is 10.1. The first-order valence-corrected chi connectivity index (χ1v) is 12.2. The highest BCUT2D eigenvalue weighted by Gasteiger charge is 2.17. The average molecular weight is 484 g/mol. The zero-order chi connectivity index (χ0) is 23.8. The van der Waals surface area contributed by atoms with E-state index in [0.717, 1.165) is 10.5 Å². The van der Waals surface area contributed by atoms with E-state index in [1.807, 2.05) is 49.4 Å². The zero-order valence-electron chi connectivity index (χ0n) is 18.6. The first kappa shape index (κ1) is 24.5. The van der Waals surface area contributed by atoms with Crippen molar-refractivity contribution in [3.05, 3.63) is 70.7 Å². The smallest absolute Gasteiger partial charge is 0.311 e. The molecule has 0 aliphatic rings. The molecule has 3 rings (SSSR count). The number of rotatable bonds is 9. The monoisotopic (exact) mass is 483 g/mol. The molecule has 0 radical (unpaired) electrons. The third kappa shape index (κ3) is 7.44. The number of carbonyl (C=O) groups excluding carboxylic acids is 3. The Kier molecular flexibility index (Phi) is 8.62. The van der Waals surface area contributed by atoms with Gasteiger partial charge < -0.3 is 15.4 Å². The summed E-state index contributed by atoms with van der Waals surface area (Å²) in [7, 11) is 0.